The number of hydrogen-bond donors (Lipinski definition) is 0. The summed E-state index contributed by atoms with van der Waals surface area (Å²) >= 11 is 0. The van der Waals surface area contributed by atoms with Crippen LogP contribution in [-0.2, 0) is 31.1 Å². The molecule has 0 radical (unpaired) electrons. The zero-order valence-corrected chi connectivity index (χ0v) is 30.6. The zero-order valence-electron chi connectivity index (χ0n) is 30.6. The maximum Gasteiger partial charge on any atom is 0.0714 e. The van der Waals surface area contributed by atoms with E-state index in [0.29, 0.717) is 0 Å². The van der Waals surface area contributed by atoms with Gasteiger partial charge >= 0.3 is 0 Å². The molecule has 0 aromatic heterocycles. The summed E-state index contributed by atoms with van der Waals surface area (Å²) < 4.78 is 0. The van der Waals surface area contributed by atoms with Crippen molar-refractivity contribution < 1.29 is 0 Å². The van der Waals surface area contributed by atoms with Crippen molar-refractivity contribution in [1.82, 2.24) is 0 Å². The number of anilines is 3. The third-order valence-electron chi connectivity index (χ3n) is 12.4. The lowest BCUT2D eigenvalue weighted by atomic mass is 9.67. The Bertz CT molecular complexity index is 2420. The molecule has 0 unspecified atom stereocenters. The van der Waals surface area contributed by atoms with E-state index in [-0.39, 0.29) is 0 Å². The van der Waals surface area contributed by atoms with Crippen molar-refractivity contribution in [3.8, 4) is 22.3 Å². The average molecular weight is 684 g/mol. The van der Waals surface area contributed by atoms with Crippen LogP contribution in [0.4, 0.5) is 17.1 Å². The fraction of sp³-hybridized carbons (Fsp3) is 0.192. The van der Waals surface area contributed by atoms with Crippen LogP contribution >= 0.6 is 0 Å². The van der Waals surface area contributed by atoms with E-state index >= 15 is 0 Å². The van der Waals surface area contributed by atoms with Crippen molar-refractivity contribution >= 4 is 17.1 Å². The van der Waals surface area contributed by atoms with Crippen LogP contribution in [0.3, 0.4) is 0 Å². The smallest absolute Gasteiger partial charge is 0.0714 e. The summed E-state index contributed by atoms with van der Waals surface area (Å²) in [6, 6.07) is 60.0. The van der Waals surface area contributed by atoms with Crippen LogP contribution in [-0.4, -0.2) is 0 Å². The zero-order chi connectivity index (χ0) is 35.4. The largest absolute Gasteiger partial charge is 0.310 e. The van der Waals surface area contributed by atoms with Crippen molar-refractivity contribution in [3.63, 3.8) is 0 Å². The summed E-state index contributed by atoms with van der Waals surface area (Å²) in [7, 11) is 0. The molecule has 258 valence electrons. The predicted octanol–water partition coefficient (Wildman–Crippen LogP) is 13.3. The normalized spacial score (nSPS) is 15.2. The SMILES string of the molecule is Cc1ccc2c(c1-c1cc3c(cc1N(c1ccccc1)c1ccc4c(c1)CCCC4)C(c1ccccc1)(c1ccccc1)c1ccccc1-3)CCCC2. The number of fused-ring (bicyclic) bond motifs is 5. The number of para-hydroxylation sites is 1. The first kappa shape index (κ1) is 32.0. The van der Waals surface area contributed by atoms with Crippen molar-refractivity contribution in [3.05, 3.63) is 208 Å². The molecule has 0 fully saturated rings. The third-order valence-corrected chi connectivity index (χ3v) is 12.4. The number of rotatable bonds is 6. The van der Waals surface area contributed by atoms with Gasteiger partial charge in [-0.1, -0.05) is 121 Å². The van der Waals surface area contributed by atoms with Gasteiger partial charge in [0, 0.05) is 16.9 Å². The van der Waals surface area contributed by atoms with E-state index in [2.05, 4.69) is 170 Å². The standard InChI is InChI=1S/C52H45N/c1-36-29-30-38-18-13-14-26-44(38)51(36)47-34-46-45-27-15-16-28-48(45)52(40-20-5-2-6-21-40,41-22-7-3-8-23-41)49(46)35-50(47)53(42-24-9-4-10-25-42)43-32-31-37-17-11-12-19-39(37)33-43/h2-10,15-16,20-25,27-35H,11-14,17-19,26H2,1H3. The molecule has 3 aliphatic rings. The predicted molar refractivity (Wildman–Crippen MR) is 222 cm³/mol. The first-order valence-electron chi connectivity index (χ1n) is 19.7. The summed E-state index contributed by atoms with van der Waals surface area (Å²) in [4.78, 5) is 2.58. The number of nitrogens with zero attached hydrogens (tertiary/aromatic N) is 1. The molecular weight excluding hydrogens is 639 g/mol. The Balaban J connectivity index is 1.35. The van der Waals surface area contributed by atoms with Crippen molar-refractivity contribution in [2.75, 3.05) is 4.90 Å². The van der Waals surface area contributed by atoms with E-state index < -0.39 is 5.41 Å². The molecule has 1 nitrogen and oxygen atoms in total. The Hall–Kier alpha value is -5.66. The summed E-state index contributed by atoms with van der Waals surface area (Å²) in [5.41, 5.74) is 21.3. The Kier molecular flexibility index (Phi) is 7.90. The lowest BCUT2D eigenvalue weighted by molar-refractivity contribution is 0.685. The topological polar surface area (TPSA) is 3.24 Å². The molecule has 0 saturated heterocycles. The molecule has 0 N–H and O–H groups in total. The summed E-state index contributed by atoms with van der Waals surface area (Å²) in [6.07, 6.45) is 9.65. The Morgan fingerprint density at radius 3 is 1.77 bits per heavy atom. The van der Waals surface area contributed by atoms with Gasteiger partial charge in [0.25, 0.3) is 0 Å². The lowest BCUT2D eigenvalue weighted by Crippen LogP contribution is -2.29. The molecule has 0 heterocycles. The van der Waals surface area contributed by atoms with Gasteiger partial charge < -0.3 is 4.90 Å². The highest BCUT2D eigenvalue weighted by Gasteiger charge is 2.47. The van der Waals surface area contributed by atoms with E-state index in [9.17, 15) is 0 Å². The Labute approximate surface area is 314 Å². The highest BCUT2D eigenvalue weighted by Crippen LogP contribution is 2.59. The van der Waals surface area contributed by atoms with Crippen LogP contribution < -0.4 is 4.90 Å². The van der Waals surface area contributed by atoms with Crippen LogP contribution in [0.1, 0.15) is 75.8 Å². The maximum absolute atomic E-state index is 2.60. The molecule has 0 bridgehead atoms. The minimum absolute atomic E-state index is 0.481. The van der Waals surface area contributed by atoms with Gasteiger partial charge in [-0.25, -0.2) is 0 Å². The fourth-order valence-electron chi connectivity index (χ4n) is 10.0. The molecular formula is C52H45N. The third kappa shape index (κ3) is 5.12. The molecule has 0 aliphatic heterocycles. The Morgan fingerprint density at radius 1 is 0.434 bits per heavy atom. The van der Waals surface area contributed by atoms with Crippen LogP contribution in [0.2, 0.25) is 0 Å². The molecule has 7 aromatic carbocycles. The van der Waals surface area contributed by atoms with Gasteiger partial charge in [-0.2, -0.15) is 0 Å². The van der Waals surface area contributed by atoms with Gasteiger partial charge in [-0.3, -0.25) is 0 Å². The molecule has 7 aromatic rings. The Morgan fingerprint density at radius 2 is 1.04 bits per heavy atom. The highest BCUT2D eigenvalue weighted by molar-refractivity contribution is 5.98. The van der Waals surface area contributed by atoms with E-state index in [1.54, 1.807) is 5.56 Å². The van der Waals surface area contributed by atoms with Crippen LogP contribution in [0.15, 0.2) is 158 Å². The quantitative estimate of drug-likeness (QED) is 0.169. The van der Waals surface area contributed by atoms with Gasteiger partial charge in [0.05, 0.1) is 11.1 Å². The van der Waals surface area contributed by atoms with Crippen LogP contribution in [0, 0.1) is 6.92 Å². The van der Waals surface area contributed by atoms with E-state index in [1.807, 2.05) is 0 Å². The second kappa shape index (κ2) is 13.1. The van der Waals surface area contributed by atoms with Gasteiger partial charge in [0.1, 0.15) is 0 Å². The molecule has 10 rings (SSSR count). The number of aryl methyl sites for hydroxylation is 4. The average Bonchev–Trinajstić information content (AvgIpc) is 3.52. The molecule has 1 heteroatoms. The molecule has 53 heavy (non-hydrogen) atoms. The second-order valence-corrected chi connectivity index (χ2v) is 15.4. The second-order valence-electron chi connectivity index (χ2n) is 15.4. The minimum Gasteiger partial charge on any atom is -0.310 e. The van der Waals surface area contributed by atoms with Crippen molar-refractivity contribution in [2.24, 2.45) is 0 Å². The summed E-state index contributed by atoms with van der Waals surface area (Å²) in [5, 5.41) is 0. The molecule has 3 aliphatic carbocycles. The maximum atomic E-state index is 2.60. The van der Waals surface area contributed by atoms with Crippen LogP contribution in [0.5, 0.6) is 0 Å². The monoisotopic (exact) mass is 683 g/mol. The molecule has 0 atom stereocenters. The molecule has 0 amide bonds. The van der Waals surface area contributed by atoms with Gasteiger partial charge in [0.2, 0.25) is 0 Å². The van der Waals surface area contributed by atoms with E-state index in [4.69, 9.17) is 0 Å². The first-order valence-corrected chi connectivity index (χ1v) is 19.7. The molecule has 0 saturated carbocycles. The first-order chi connectivity index (χ1) is 26.2. The summed E-state index contributed by atoms with van der Waals surface area (Å²) in [5.74, 6) is 0. The van der Waals surface area contributed by atoms with Crippen molar-refractivity contribution in [2.45, 2.75) is 63.7 Å². The van der Waals surface area contributed by atoms with Crippen molar-refractivity contribution in [1.29, 1.82) is 0 Å². The fourth-order valence-corrected chi connectivity index (χ4v) is 10.0. The number of benzene rings is 7. The molecule has 0 spiro atoms. The van der Waals surface area contributed by atoms with Gasteiger partial charge in [-0.15, -0.1) is 0 Å². The van der Waals surface area contributed by atoms with Gasteiger partial charge in [0.15, 0.2) is 0 Å². The number of hydrogen-bond acceptors (Lipinski definition) is 1. The summed E-state index contributed by atoms with van der Waals surface area (Å²) in [6.45, 7) is 2.33. The van der Waals surface area contributed by atoms with E-state index in [1.165, 1.54) is 116 Å². The minimum atomic E-state index is -0.481. The van der Waals surface area contributed by atoms with E-state index in [0.717, 1.165) is 19.3 Å². The van der Waals surface area contributed by atoms with Crippen LogP contribution in [0.25, 0.3) is 22.3 Å². The lowest BCUT2D eigenvalue weighted by Gasteiger charge is -2.36. The highest BCUT2D eigenvalue weighted by atomic mass is 15.1. The van der Waals surface area contributed by atoms with Gasteiger partial charge in [-0.05, 0) is 161 Å².